The molecule has 1 aliphatic heterocycles. The molecule has 0 radical (unpaired) electrons. The summed E-state index contributed by atoms with van der Waals surface area (Å²) in [7, 11) is 0. The second-order valence-electron chi connectivity index (χ2n) is 6.94. The Kier molecular flexibility index (Phi) is 4.51. The standard InChI is InChI=1S/C20H24N4O2/c1-14-12-22-20(26-14)15(2)23-7-9-24(10-8-23)19(25)11-16-13-21-18-6-4-3-5-17(16)18/h3-6,12-13,15,21H,7-11H2,1-2H3. The zero-order valence-corrected chi connectivity index (χ0v) is 15.2. The fourth-order valence-corrected chi connectivity index (χ4v) is 3.63. The summed E-state index contributed by atoms with van der Waals surface area (Å²) in [6.07, 6.45) is 4.15. The van der Waals surface area contributed by atoms with Crippen LogP contribution >= 0.6 is 0 Å². The Morgan fingerprint density at radius 2 is 2.04 bits per heavy atom. The van der Waals surface area contributed by atoms with Crippen LogP contribution in [0.25, 0.3) is 10.9 Å². The Morgan fingerprint density at radius 3 is 2.77 bits per heavy atom. The van der Waals surface area contributed by atoms with Gasteiger partial charge >= 0.3 is 0 Å². The third kappa shape index (κ3) is 3.24. The largest absolute Gasteiger partial charge is 0.444 e. The predicted molar refractivity (Wildman–Crippen MR) is 99.8 cm³/mol. The minimum Gasteiger partial charge on any atom is -0.444 e. The molecule has 1 atom stereocenters. The van der Waals surface area contributed by atoms with Gasteiger partial charge in [-0.1, -0.05) is 18.2 Å². The lowest BCUT2D eigenvalue weighted by Crippen LogP contribution is -2.49. The van der Waals surface area contributed by atoms with Gasteiger partial charge in [0.2, 0.25) is 11.8 Å². The maximum absolute atomic E-state index is 12.7. The van der Waals surface area contributed by atoms with E-state index in [1.54, 1.807) is 6.20 Å². The van der Waals surface area contributed by atoms with Crippen molar-refractivity contribution >= 4 is 16.8 Å². The van der Waals surface area contributed by atoms with E-state index in [0.717, 1.165) is 54.3 Å². The van der Waals surface area contributed by atoms with Crippen molar-refractivity contribution in [3.63, 3.8) is 0 Å². The minimum atomic E-state index is 0.134. The lowest BCUT2D eigenvalue weighted by Gasteiger charge is -2.37. The maximum atomic E-state index is 12.7. The van der Waals surface area contributed by atoms with Gasteiger partial charge in [0, 0.05) is 43.3 Å². The van der Waals surface area contributed by atoms with E-state index in [1.807, 2.05) is 36.2 Å². The molecule has 1 aromatic carbocycles. The number of fused-ring (bicyclic) bond motifs is 1. The zero-order chi connectivity index (χ0) is 18.1. The molecule has 4 rings (SSSR count). The highest BCUT2D eigenvalue weighted by Gasteiger charge is 2.27. The molecule has 0 saturated carbocycles. The van der Waals surface area contributed by atoms with E-state index >= 15 is 0 Å². The Bertz CT molecular complexity index is 905. The van der Waals surface area contributed by atoms with Gasteiger partial charge in [-0.2, -0.15) is 0 Å². The van der Waals surface area contributed by atoms with Crippen molar-refractivity contribution in [1.29, 1.82) is 0 Å². The molecule has 1 fully saturated rings. The number of H-pyrrole nitrogens is 1. The Labute approximate surface area is 152 Å². The van der Waals surface area contributed by atoms with Crippen LogP contribution in [0.3, 0.4) is 0 Å². The molecule has 3 aromatic rings. The third-order valence-electron chi connectivity index (χ3n) is 5.23. The van der Waals surface area contributed by atoms with Gasteiger partial charge < -0.3 is 14.3 Å². The molecular weight excluding hydrogens is 328 g/mol. The van der Waals surface area contributed by atoms with Crippen molar-refractivity contribution in [1.82, 2.24) is 19.8 Å². The lowest BCUT2D eigenvalue weighted by atomic mass is 10.1. The minimum absolute atomic E-state index is 0.134. The Balaban J connectivity index is 1.36. The van der Waals surface area contributed by atoms with Crippen molar-refractivity contribution in [3.8, 4) is 0 Å². The Hall–Kier alpha value is -2.60. The number of aromatic nitrogens is 2. The van der Waals surface area contributed by atoms with Gasteiger partial charge in [0.05, 0.1) is 18.7 Å². The van der Waals surface area contributed by atoms with Crippen LogP contribution in [-0.2, 0) is 11.2 Å². The van der Waals surface area contributed by atoms with Gasteiger partial charge in [-0.3, -0.25) is 9.69 Å². The second-order valence-corrected chi connectivity index (χ2v) is 6.94. The highest BCUT2D eigenvalue weighted by atomic mass is 16.4. The van der Waals surface area contributed by atoms with E-state index < -0.39 is 0 Å². The Morgan fingerprint density at radius 1 is 1.27 bits per heavy atom. The number of oxazole rings is 1. The second kappa shape index (κ2) is 6.96. The van der Waals surface area contributed by atoms with Gasteiger partial charge in [-0.25, -0.2) is 4.98 Å². The first kappa shape index (κ1) is 16.8. The summed E-state index contributed by atoms with van der Waals surface area (Å²) in [5.41, 5.74) is 2.15. The normalized spacial score (nSPS) is 16.9. The first-order valence-corrected chi connectivity index (χ1v) is 9.11. The number of nitrogens with zero attached hydrogens (tertiary/aromatic N) is 3. The monoisotopic (exact) mass is 352 g/mol. The molecule has 1 N–H and O–H groups in total. The highest BCUT2D eigenvalue weighted by molar-refractivity contribution is 5.88. The number of aryl methyl sites for hydroxylation is 1. The molecule has 26 heavy (non-hydrogen) atoms. The summed E-state index contributed by atoms with van der Waals surface area (Å²) < 4.78 is 5.65. The van der Waals surface area contributed by atoms with Gasteiger partial charge in [-0.15, -0.1) is 0 Å². The number of piperazine rings is 1. The average Bonchev–Trinajstić information content (AvgIpc) is 3.28. The van der Waals surface area contributed by atoms with Crippen LogP contribution in [0.2, 0.25) is 0 Å². The number of carbonyl (C=O) groups is 1. The van der Waals surface area contributed by atoms with Crippen molar-refractivity contribution in [2.24, 2.45) is 0 Å². The molecule has 0 aliphatic carbocycles. The predicted octanol–water partition coefficient (Wildman–Crippen LogP) is 2.91. The number of para-hydroxylation sites is 1. The first-order valence-electron chi connectivity index (χ1n) is 9.11. The van der Waals surface area contributed by atoms with E-state index in [1.165, 1.54) is 0 Å². The number of rotatable bonds is 4. The third-order valence-corrected chi connectivity index (χ3v) is 5.23. The molecule has 1 unspecified atom stereocenters. The molecule has 1 aliphatic rings. The lowest BCUT2D eigenvalue weighted by molar-refractivity contribution is -0.132. The molecule has 6 heteroatoms. The molecule has 1 saturated heterocycles. The number of nitrogens with one attached hydrogen (secondary N) is 1. The molecular formula is C20H24N4O2. The van der Waals surface area contributed by atoms with Crippen molar-refractivity contribution in [2.75, 3.05) is 26.2 Å². The van der Waals surface area contributed by atoms with Crippen LogP contribution in [0, 0.1) is 6.92 Å². The summed E-state index contributed by atoms with van der Waals surface area (Å²) in [5, 5.41) is 1.13. The van der Waals surface area contributed by atoms with Crippen molar-refractivity contribution in [2.45, 2.75) is 26.3 Å². The fraction of sp³-hybridized carbons (Fsp3) is 0.400. The molecule has 3 heterocycles. The van der Waals surface area contributed by atoms with Gasteiger partial charge in [0.1, 0.15) is 5.76 Å². The molecule has 0 spiro atoms. The molecule has 1 amide bonds. The number of hydrogen-bond donors (Lipinski definition) is 1. The first-order chi connectivity index (χ1) is 12.6. The van der Waals surface area contributed by atoms with Crippen LogP contribution < -0.4 is 0 Å². The van der Waals surface area contributed by atoms with E-state index in [-0.39, 0.29) is 11.9 Å². The number of aromatic amines is 1. The zero-order valence-electron chi connectivity index (χ0n) is 15.2. The van der Waals surface area contributed by atoms with E-state index in [0.29, 0.717) is 6.42 Å². The smallest absolute Gasteiger partial charge is 0.227 e. The van der Waals surface area contributed by atoms with Crippen LogP contribution in [-0.4, -0.2) is 51.9 Å². The van der Waals surface area contributed by atoms with Crippen LogP contribution in [0.4, 0.5) is 0 Å². The van der Waals surface area contributed by atoms with Gasteiger partial charge in [0.15, 0.2) is 0 Å². The van der Waals surface area contributed by atoms with Crippen LogP contribution in [0.5, 0.6) is 0 Å². The quantitative estimate of drug-likeness (QED) is 0.784. The van der Waals surface area contributed by atoms with Gasteiger partial charge in [-0.05, 0) is 25.5 Å². The summed E-state index contributed by atoms with van der Waals surface area (Å²) in [5.74, 6) is 1.77. The SMILES string of the molecule is Cc1cnc(C(C)N2CCN(C(=O)Cc3c[nH]c4ccccc34)CC2)o1. The number of hydrogen-bond acceptors (Lipinski definition) is 4. The highest BCUT2D eigenvalue weighted by Crippen LogP contribution is 2.22. The fourth-order valence-electron chi connectivity index (χ4n) is 3.63. The molecule has 2 aromatic heterocycles. The summed E-state index contributed by atoms with van der Waals surface area (Å²) in [6, 6.07) is 8.24. The van der Waals surface area contributed by atoms with E-state index in [9.17, 15) is 4.79 Å². The number of amides is 1. The topological polar surface area (TPSA) is 65.4 Å². The average molecular weight is 352 g/mol. The molecule has 0 bridgehead atoms. The van der Waals surface area contributed by atoms with Crippen molar-refractivity contribution in [3.05, 3.63) is 53.9 Å². The van der Waals surface area contributed by atoms with E-state index in [4.69, 9.17) is 4.42 Å². The number of carbonyl (C=O) groups excluding carboxylic acids is 1. The van der Waals surface area contributed by atoms with Crippen molar-refractivity contribution < 1.29 is 9.21 Å². The summed E-state index contributed by atoms with van der Waals surface area (Å²) >= 11 is 0. The molecule has 6 nitrogen and oxygen atoms in total. The van der Waals surface area contributed by atoms with Crippen LogP contribution in [0.1, 0.15) is 30.2 Å². The summed E-state index contributed by atoms with van der Waals surface area (Å²) in [6.45, 7) is 7.17. The van der Waals surface area contributed by atoms with Crippen LogP contribution in [0.15, 0.2) is 41.1 Å². The summed E-state index contributed by atoms with van der Waals surface area (Å²) in [4.78, 5) is 24.6. The van der Waals surface area contributed by atoms with E-state index in [2.05, 4.69) is 27.9 Å². The number of benzene rings is 1. The van der Waals surface area contributed by atoms with Gasteiger partial charge in [0.25, 0.3) is 0 Å². The maximum Gasteiger partial charge on any atom is 0.227 e. The molecule has 136 valence electrons.